The fourth-order valence-electron chi connectivity index (χ4n) is 5.85. The summed E-state index contributed by atoms with van der Waals surface area (Å²) in [5.74, 6) is -1.74. The van der Waals surface area contributed by atoms with Crippen molar-refractivity contribution in [2.45, 2.75) is 37.2 Å². The van der Waals surface area contributed by atoms with Crippen molar-refractivity contribution in [3.05, 3.63) is 52.1 Å². The number of rotatable bonds is 2. The molecule has 194 valence electrons. The maximum absolute atomic E-state index is 11.0. The number of phenols is 6. The molecule has 3 aliphatic rings. The molecule has 0 spiro atoms. The minimum atomic E-state index is -0.810. The zero-order valence-electron chi connectivity index (χ0n) is 19.6. The summed E-state index contributed by atoms with van der Waals surface area (Å²) in [4.78, 5) is 0. The first-order chi connectivity index (χ1) is 17.7. The van der Waals surface area contributed by atoms with Crippen LogP contribution in [-0.4, -0.2) is 61.7 Å². The summed E-state index contributed by atoms with van der Waals surface area (Å²) in [6, 6.07) is 4.99. The van der Waals surface area contributed by atoms with Crippen molar-refractivity contribution in [3.63, 3.8) is 0 Å². The second-order valence-corrected chi connectivity index (χ2v) is 9.63. The van der Waals surface area contributed by atoms with Gasteiger partial charge in [-0.15, -0.1) is 0 Å². The number of benzene rings is 3. The van der Waals surface area contributed by atoms with Gasteiger partial charge in [-0.25, -0.2) is 0 Å². The molecule has 6 rings (SSSR count). The molecule has 37 heavy (non-hydrogen) atoms. The zero-order valence-corrected chi connectivity index (χ0v) is 19.6. The van der Waals surface area contributed by atoms with Gasteiger partial charge in [0.25, 0.3) is 0 Å². The third-order valence-corrected chi connectivity index (χ3v) is 7.37. The maximum Gasteiger partial charge on any atom is 0.134 e. The van der Waals surface area contributed by atoms with E-state index in [0.717, 1.165) is 0 Å². The Labute approximate surface area is 211 Å². The minimum Gasteiger partial charge on any atom is -0.508 e. The van der Waals surface area contributed by atoms with Crippen LogP contribution in [0.1, 0.15) is 52.5 Å². The van der Waals surface area contributed by atoms with Crippen LogP contribution < -0.4 is 14.2 Å². The van der Waals surface area contributed by atoms with E-state index >= 15 is 0 Å². The van der Waals surface area contributed by atoms with E-state index in [1.165, 1.54) is 24.3 Å². The Morgan fingerprint density at radius 3 is 1.86 bits per heavy atom. The van der Waals surface area contributed by atoms with Crippen molar-refractivity contribution in [3.8, 4) is 51.7 Å². The smallest absolute Gasteiger partial charge is 0.134 e. The minimum absolute atomic E-state index is 0.0171. The van der Waals surface area contributed by atoms with E-state index in [9.17, 15) is 35.7 Å². The van der Waals surface area contributed by atoms with E-state index in [1.807, 2.05) is 0 Å². The van der Waals surface area contributed by atoms with E-state index in [1.54, 1.807) is 0 Å². The summed E-state index contributed by atoms with van der Waals surface area (Å²) in [7, 11) is 0. The van der Waals surface area contributed by atoms with Gasteiger partial charge >= 0.3 is 0 Å². The Morgan fingerprint density at radius 2 is 1.16 bits per heavy atom. The lowest BCUT2D eigenvalue weighted by atomic mass is 9.78. The van der Waals surface area contributed by atoms with Crippen LogP contribution in [0.15, 0.2) is 24.3 Å². The topological polar surface area (TPSA) is 169 Å². The summed E-state index contributed by atoms with van der Waals surface area (Å²) in [5.41, 5.74) is 1.74. The highest BCUT2D eigenvalue weighted by molar-refractivity contribution is 5.68. The summed E-state index contributed by atoms with van der Waals surface area (Å²) in [6.45, 7) is 0.418. The molecule has 3 aromatic rings. The predicted octanol–water partition coefficient (Wildman–Crippen LogP) is 3.04. The Hall–Kier alpha value is -4.18. The molecule has 0 bridgehead atoms. The summed E-state index contributed by atoms with van der Waals surface area (Å²) >= 11 is 0. The molecule has 3 atom stereocenters. The number of ether oxygens (including phenoxy) is 3. The van der Waals surface area contributed by atoms with Crippen molar-refractivity contribution in [2.24, 2.45) is 0 Å². The van der Waals surface area contributed by atoms with Crippen LogP contribution in [0.2, 0.25) is 0 Å². The average Bonchev–Trinajstić information content (AvgIpc) is 2.84. The Balaban J connectivity index is 1.55. The molecular formula is C27H26O10. The van der Waals surface area contributed by atoms with E-state index in [0.29, 0.717) is 40.7 Å². The molecule has 0 aromatic heterocycles. The summed E-state index contributed by atoms with van der Waals surface area (Å²) in [5, 5.41) is 73.9. The normalized spacial score (nSPS) is 22.0. The monoisotopic (exact) mass is 510 g/mol. The van der Waals surface area contributed by atoms with E-state index in [-0.39, 0.29) is 78.0 Å². The fourth-order valence-corrected chi connectivity index (χ4v) is 5.85. The molecule has 0 aliphatic carbocycles. The second-order valence-electron chi connectivity index (χ2n) is 9.63. The number of hydrogen-bond donors (Lipinski definition) is 7. The highest BCUT2D eigenvalue weighted by Gasteiger charge is 2.40. The average molecular weight is 510 g/mol. The second kappa shape index (κ2) is 8.45. The third kappa shape index (κ3) is 3.59. The van der Waals surface area contributed by atoms with Gasteiger partial charge in [0.2, 0.25) is 0 Å². The number of aliphatic hydroxyl groups excluding tert-OH is 1. The molecule has 3 aromatic carbocycles. The summed E-state index contributed by atoms with van der Waals surface area (Å²) in [6.07, 6.45) is 0.0635. The lowest BCUT2D eigenvalue weighted by Gasteiger charge is -2.35. The van der Waals surface area contributed by atoms with E-state index in [2.05, 4.69) is 0 Å². The molecule has 0 saturated heterocycles. The van der Waals surface area contributed by atoms with Crippen molar-refractivity contribution >= 4 is 0 Å². The van der Waals surface area contributed by atoms with Crippen LogP contribution in [0.3, 0.4) is 0 Å². The number of aliphatic hydroxyl groups is 1. The Bertz CT molecular complexity index is 1420. The number of hydrogen-bond acceptors (Lipinski definition) is 10. The first kappa shape index (κ1) is 23.2. The van der Waals surface area contributed by atoms with E-state index < -0.39 is 17.9 Å². The Kier molecular flexibility index (Phi) is 5.30. The van der Waals surface area contributed by atoms with Gasteiger partial charge in [0.15, 0.2) is 0 Å². The first-order valence-corrected chi connectivity index (χ1v) is 12.0. The standard InChI is InChI=1S/C27H26O10/c28-11-6-17(31)22-13(1-3-35-21(22)7-11)24-19(33)9-20(34)25-14(2-4-36-27(24)25)23-18(32)8-16(30)15-5-12(29)10-37-26(15)23/h6-9,12-14,28-34H,1-5,10H2/t12-,13+,14-/m0/s1. The molecule has 3 heterocycles. The van der Waals surface area contributed by atoms with Gasteiger partial charge in [0, 0.05) is 70.3 Å². The first-order valence-electron chi connectivity index (χ1n) is 12.0. The van der Waals surface area contributed by atoms with Crippen LogP contribution in [0.5, 0.6) is 51.7 Å². The van der Waals surface area contributed by atoms with Crippen LogP contribution in [0.4, 0.5) is 0 Å². The quantitative estimate of drug-likeness (QED) is 0.272. The van der Waals surface area contributed by atoms with Gasteiger partial charge in [0.05, 0.1) is 19.3 Å². The largest absolute Gasteiger partial charge is 0.508 e. The third-order valence-electron chi connectivity index (χ3n) is 7.37. The van der Waals surface area contributed by atoms with Crippen molar-refractivity contribution < 1.29 is 50.0 Å². The van der Waals surface area contributed by atoms with E-state index in [4.69, 9.17) is 14.2 Å². The molecule has 0 radical (unpaired) electrons. The van der Waals surface area contributed by atoms with Gasteiger partial charge in [-0.2, -0.15) is 0 Å². The molecule has 10 nitrogen and oxygen atoms in total. The van der Waals surface area contributed by atoms with Gasteiger partial charge in [-0.1, -0.05) is 0 Å². The van der Waals surface area contributed by atoms with Crippen molar-refractivity contribution in [2.75, 3.05) is 19.8 Å². The number of aromatic hydroxyl groups is 6. The van der Waals surface area contributed by atoms with Crippen LogP contribution >= 0.6 is 0 Å². The highest BCUT2D eigenvalue weighted by Crippen LogP contribution is 2.57. The van der Waals surface area contributed by atoms with Gasteiger partial charge in [0.1, 0.15) is 58.4 Å². The van der Waals surface area contributed by atoms with Gasteiger partial charge < -0.3 is 50.0 Å². The van der Waals surface area contributed by atoms with Gasteiger partial charge in [-0.05, 0) is 12.8 Å². The van der Waals surface area contributed by atoms with Crippen molar-refractivity contribution in [1.82, 2.24) is 0 Å². The molecule has 0 unspecified atom stereocenters. The lowest BCUT2D eigenvalue weighted by Crippen LogP contribution is -2.27. The van der Waals surface area contributed by atoms with Crippen LogP contribution in [0, 0.1) is 0 Å². The molecule has 0 fully saturated rings. The molecule has 7 N–H and O–H groups in total. The van der Waals surface area contributed by atoms with Crippen molar-refractivity contribution in [1.29, 1.82) is 0 Å². The Morgan fingerprint density at radius 1 is 0.595 bits per heavy atom. The molecule has 3 aliphatic heterocycles. The molecule has 10 heteroatoms. The van der Waals surface area contributed by atoms with Crippen LogP contribution in [0.25, 0.3) is 0 Å². The predicted molar refractivity (Wildman–Crippen MR) is 128 cm³/mol. The number of phenolic OH excluding ortho intramolecular Hbond substituents is 6. The SMILES string of the molecule is Oc1cc(O)c2c(c1)OCC[C@H]2c1c(O)cc(O)c2c1OCC[C@H]2c1c(O)cc(O)c2c1OC[C@@H](O)C2. The molecule has 0 saturated carbocycles. The zero-order chi connectivity index (χ0) is 26.0. The highest BCUT2D eigenvalue weighted by atomic mass is 16.5. The maximum atomic E-state index is 11.0. The van der Waals surface area contributed by atoms with Crippen LogP contribution in [-0.2, 0) is 6.42 Å². The molecule has 0 amide bonds. The lowest BCUT2D eigenvalue weighted by molar-refractivity contribution is 0.0894. The van der Waals surface area contributed by atoms with Gasteiger partial charge in [-0.3, -0.25) is 0 Å². The molecular weight excluding hydrogens is 484 g/mol. The fraction of sp³-hybridized carbons (Fsp3) is 0.333. The number of fused-ring (bicyclic) bond motifs is 3. The summed E-state index contributed by atoms with van der Waals surface area (Å²) < 4.78 is 17.4.